The van der Waals surface area contributed by atoms with Crippen LogP contribution in [0, 0.1) is 0 Å². The molecule has 18 heavy (non-hydrogen) atoms. The van der Waals surface area contributed by atoms with Crippen molar-refractivity contribution >= 4 is 0 Å². The fraction of sp³-hybridized carbons (Fsp3) is 0.250. The standard InChI is InChI=1S/C16H19NO/c1-17(2)16(18,15-11-7-4-8-12-15)13-14-9-5-3-6-10-14/h3-12,18H,13H2,1-2H3. The van der Waals surface area contributed by atoms with Crippen molar-refractivity contribution in [3.8, 4) is 0 Å². The van der Waals surface area contributed by atoms with Gasteiger partial charge in [0.1, 0.15) is 5.72 Å². The van der Waals surface area contributed by atoms with Crippen LogP contribution < -0.4 is 0 Å². The largest absolute Gasteiger partial charge is 0.371 e. The number of aliphatic hydroxyl groups is 1. The van der Waals surface area contributed by atoms with Gasteiger partial charge in [0.25, 0.3) is 0 Å². The maximum Gasteiger partial charge on any atom is 0.148 e. The fourth-order valence-corrected chi connectivity index (χ4v) is 2.10. The summed E-state index contributed by atoms with van der Waals surface area (Å²) in [5.74, 6) is 0. The van der Waals surface area contributed by atoms with Crippen molar-refractivity contribution in [1.29, 1.82) is 0 Å². The zero-order chi connectivity index (χ0) is 13.0. The molecule has 2 aromatic rings. The minimum atomic E-state index is -0.970. The summed E-state index contributed by atoms with van der Waals surface area (Å²) >= 11 is 0. The lowest BCUT2D eigenvalue weighted by Crippen LogP contribution is -2.43. The lowest BCUT2D eigenvalue weighted by molar-refractivity contribution is -0.0888. The lowest BCUT2D eigenvalue weighted by Gasteiger charge is -2.35. The van der Waals surface area contributed by atoms with E-state index in [1.54, 1.807) is 0 Å². The molecule has 0 aromatic heterocycles. The van der Waals surface area contributed by atoms with Crippen LogP contribution in [0.4, 0.5) is 0 Å². The van der Waals surface area contributed by atoms with Gasteiger partial charge in [0.15, 0.2) is 0 Å². The Morgan fingerprint density at radius 2 is 1.39 bits per heavy atom. The molecule has 0 aliphatic rings. The molecule has 0 radical (unpaired) electrons. The van der Waals surface area contributed by atoms with E-state index in [1.165, 1.54) is 0 Å². The van der Waals surface area contributed by atoms with Crippen molar-refractivity contribution in [2.24, 2.45) is 0 Å². The van der Waals surface area contributed by atoms with Crippen LogP contribution in [0.2, 0.25) is 0 Å². The van der Waals surface area contributed by atoms with Crippen molar-refractivity contribution in [2.75, 3.05) is 14.1 Å². The monoisotopic (exact) mass is 241 g/mol. The van der Waals surface area contributed by atoms with E-state index in [0.29, 0.717) is 6.42 Å². The van der Waals surface area contributed by atoms with E-state index in [0.717, 1.165) is 11.1 Å². The van der Waals surface area contributed by atoms with Crippen LogP contribution in [0.1, 0.15) is 11.1 Å². The maximum atomic E-state index is 10.9. The van der Waals surface area contributed by atoms with Crippen molar-refractivity contribution in [2.45, 2.75) is 12.1 Å². The number of nitrogens with zero attached hydrogens (tertiary/aromatic N) is 1. The summed E-state index contributed by atoms with van der Waals surface area (Å²) in [6.07, 6.45) is 0.574. The van der Waals surface area contributed by atoms with Crippen molar-refractivity contribution in [1.82, 2.24) is 4.90 Å². The fourth-order valence-electron chi connectivity index (χ4n) is 2.10. The second-order valence-corrected chi connectivity index (χ2v) is 4.74. The lowest BCUT2D eigenvalue weighted by atomic mass is 9.94. The molecule has 0 fully saturated rings. The Hall–Kier alpha value is -1.64. The van der Waals surface area contributed by atoms with Crippen LogP contribution in [0.3, 0.4) is 0 Å². The average Bonchev–Trinajstić information content (AvgIpc) is 2.40. The van der Waals surface area contributed by atoms with E-state index in [4.69, 9.17) is 0 Å². The second kappa shape index (κ2) is 5.34. The van der Waals surface area contributed by atoms with E-state index >= 15 is 0 Å². The highest BCUT2D eigenvalue weighted by Gasteiger charge is 2.31. The molecule has 0 aliphatic heterocycles. The molecule has 0 saturated carbocycles. The highest BCUT2D eigenvalue weighted by molar-refractivity contribution is 5.26. The van der Waals surface area contributed by atoms with E-state index in [9.17, 15) is 5.11 Å². The smallest absolute Gasteiger partial charge is 0.148 e. The molecule has 1 unspecified atom stereocenters. The second-order valence-electron chi connectivity index (χ2n) is 4.74. The molecule has 0 aliphatic carbocycles. The van der Waals surface area contributed by atoms with Gasteiger partial charge in [-0.1, -0.05) is 60.7 Å². The van der Waals surface area contributed by atoms with Crippen molar-refractivity contribution in [3.63, 3.8) is 0 Å². The minimum absolute atomic E-state index is 0.574. The quantitative estimate of drug-likeness (QED) is 0.832. The predicted molar refractivity (Wildman–Crippen MR) is 74.2 cm³/mol. The van der Waals surface area contributed by atoms with Gasteiger partial charge in [-0.05, 0) is 25.2 Å². The van der Waals surface area contributed by atoms with E-state index < -0.39 is 5.72 Å². The van der Waals surface area contributed by atoms with Crippen molar-refractivity contribution in [3.05, 3.63) is 71.8 Å². The van der Waals surface area contributed by atoms with Crippen LogP contribution in [-0.2, 0) is 12.1 Å². The summed E-state index contributed by atoms with van der Waals surface area (Å²) in [6.45, 7) is 0. The third kappa shape index (κ3) is 2.61. The first-order valence-electron chi connectivity index (χ1n) is 6.12. The highest BCUT2D eigenvalue weighted by Crippen LogP contribution is 2.27. The van der Waals surface area contributed by atoms with E-state index in [-0.39, 0.29) is 0 Å². The van der Waals surface area contributed by atoms with Crippen molar-refractivity contribution < 1.29 is 5.11 Å². The van der Waals surface area contributed by atoms with Gasteiger partial charge in [0.05, 0.1) is 0 Å². The molecule has 0 heterocycles. The SMILES string of the molecule is CN(C)C(O)(Cc1ccccc1)c1ccccc1. The first-order valence-corrected chi connectivity index (χ1v) is 6.12. The summed E-state index contributed by atoms with van der Waals surface area (Å²) in [5.41, 5.74) is 1.07. The summed E-state index contributed by atoms with van der Waals surface area (Å²) < 4.78 is 0. The van der Waals surface area contributed by atoms with E-state index in [1.807, 2.05) is 79.7 Å². The van der Waals surface area contributed by atoms with Crippen LogP contribution in [-0.4, -0.2) is 24.1 Å². The van der Waals surface area contributed by atoms with Gasteiger partial charge in [0, 0.05) is 6.42 Å². The Morgan fingerprint density at radius 3 is 1.89 bits per heavy atom. The molecule has 1 atom stereocenters. The average molecular weight is 241 g/mol. The zero-order valence-corrected chi connectivity index (χ0v) is 10.9. The van der Waals surface area contributed by atoms with Crippen LogP contribution in [0.5, 0.6) is 0 Å². The Bertz CT molecular complexity index is 481. The third-order valence-corrected chi connectivity index (χ3v) is 3.27. The Morgan fingerprint density at radius 1 is 0.889 bits per heavy atom. The molecule has 2 rings (SSSR count). The Kier molecular flexibility index (Phi) is 3.80. The number of hydrogen-bond acceptors (Lipinski definition) is 2. The van der Waals surface area contributed by atoms with Gasteiger partial charge in [-0.2, -0.15) is 0 Å². The van der Waals surface area contributed by atoms with Gasteiger partial charge in [-0.15, -0.1) is 0 Å². The number of rotatable bonds is 4. The number of benzene rings is 2. The first-order chi connectivity index (χ1) is 8.63. The molecule has 0 bridgehead atoms. The molecular formula is C16H19NO. The molecule has 0 saturated heterocycles. The van der Waals surface area contributed by atoms with Gasteiger partial charge in [-0.25, -0.2) is 0 Å². The maximum absolute atomic E-state index is 10.9. The van der Waals surface area contributed by atoms with Gasteiger partial charge in [-0.3, -0.25) is 4.90 Å². The molecule has 2 aromatic carbocycles. The summed E-state index contributed by atoms with van der Waals surface area (Å²) in [6, 6.07) is 19.8. The predicted octanol–water partition coefficient (Wildman–Crippen LogP) is 2.64. The molecule has 94 valence electrons. The summed E-state index contributed by atoms with van der Waals surface area (Å²) in [7, 11) is 3.80. The Labute approximate surface area is 109 Å². The van der Waals surface area contributed by atoms with Crippen LogP contribution in [0.25, 0.3) is 0 Å². The topological polar surface area (TPSA) is 23.5 Å². The number of hydrogen-bond donors (Lipinski definition) is 1. The number of likely N-dealkylation sites (N-methyl/N-ethyl adjacent to an activating group) is 1. The molecule has 0 amide bonds. The molecule has 1 N–H and O–H groups in total. The molecule has 2 heteroatoms. The molecular weight excluding hydrogens is 222 g/mol. The normalized spacial score (nSPS) is 14.4. The molecule has 2 nitrogen and oxygen atoms in total. The Balaban J connectivity index is 2.34. The molecule has 0 spiro atoms. The van der Waals surface area contributed by atoms with E-state index in [2.05, 4.69) is 0 Å². The first kappa shape index (κ1) is 12.8. The summed E-state index contributed by atoms with van der Waals surface area (Å²) in [5, 5.41) is 10.9. The summed E-state index contributed by atoms with van der Waals surface area (Å²) in [4.78, 5) is 1.86. The van der Waals surface area contributed by atoms with Gasteiger partial charge >= 0.3 is 0 Å². The highest BCUT2D eigenvalue weighted by atomic mass is 16.3. The van der Waals surface area contributed by atoms with Crippen LogP contribution in [0.15, 0.2) is 60.7 Å². The zero-order valence-electron chi connectivity index (χ0n) is 10.9. The third-order valence-electron chi connectivity index (χ3n) is 3.27. The van der Waals surface area contributed by atoms with Gasteiger partial charge < -0.3 is 5.11 Å². The minimum Gasteiger partial charge on any atom is -0.371 e. The van der Waals surface area contributed by atoms with Crippen LogP contribution >= 0.6 is 0 Å². The van der Waals surface area contributed by atoms with Gasteiger partial charge in [0.2, 0.25) is 0 Å².